The first-order valence-corrected chi connectivity index (χ1v) is 10.6. The van der Waals surface area contributed by atoms with Gasteiger partial charge in [-0.25, -0.2) is 0 Å². The van der Waals surface area contributed by atoms with Crippen LogP contribution in [-0.4, -0.2) is 41.7 Å². The van der Waals surface area contributed by atoms with Crippen LogP contribution in [0.15, 0.2) is 40.9 Å². The van der Waals surface area contributed by atoms with Crippen molar-refractivity contribution in [1.82, 2.24) is 4.90 Å². The number of methoxy groups -OCH3 is 3. The largest absolute Gasteiger partial charge is 0.497 e. The number of carbonyl (C=O) groups is 1. The van der Waals surface area contributed by atoms with Crippen LogP contribution in [0.3, 0.4) is 0 Å². The van der Waals surface area contributed by atoms with Crippen molar-refractivity contribution in [3.63, 3.8) is 0 Å². The number of nitrogens with zero attached hydrogens (tertiary/aromatic N) is 1. The molecule has 5 nitrogen and oxygen atoms in total. The minimum absolute atomic E-state index is 0.0208. The molecule has 28 heavy (non-hydrogen) atoms. The van der Waals surface area contributed by atoms with Crippen molar-refractivity contribution < 1.29 is 19.0 Å². The van der Waals surface area contributed by atoms with Gasteiger partial charge in [-0.1, -0.05) is 52.0 Å². The van der Waals surface area contributed by atoms with Crippen LogP contribution >= 0.6 is 39.9 Å². The van der Waals surface area contributed by atoms with Gasteiger partial charge >= 0.3 is 0 Å². The fraction of sp³-hybridized carbons (Fsp3) is 0.300. The summed E-state index contributed by atoms with van der Waals surface area (Å²) in [6, 6.07) is 11.4. The lowest BCUT2D eigenvalue weighted by Crippen LogP contribution is -2.31. The van der Waals surface area contributed by atoms with E-state index in [4.69, 9.17) is 26.4 Å². The van der Waals surface area contributed by atoms with Gasteiger partial charge in [0.1, 0.15) is 10.1 Å². The zero-order chi connectivity index (χ0) is 20.3. The highest BCUT2D eigenvalue weighted by Gasteiger charge is 2.37. The van der Waals surface area contributed by atoms with E-state index in [0.717, 1.165) is 21.3 Å². The van der Waals surface area contributed by atoms with Crippen LogP contribution < -0.4 is 14.2 Å². The number of ether oxygens (including phenoxy) is 3. The lowest BCUT2D eigenvalue weighted by Gasteiger charge is -2.16. The monoisotopic (exact) mass is 481 g/mol. The van der Waals surface area contributed by atoms with Crippen LogP contribution in [0.25, 0.3) is 0 Å². The van der Waals surface area contributed by atoms with E-state index in [1.807, 2.05) is 36.4 Å². The fourth-order valence-electron chi connectivity index (χ4n) is 2.94. The average molecular weight is 482 g/mol. The summed E-state index contributed by atoms with van der Waals surface area (Å²) in [5.74, 6) is 2.08. The Balaban J connectivity index is 1.74. The molecule has 148 valence electrons. The molecule has 0 unspecified atom stereocenters. The van der Waals surface area contributed by atoms with Crippen LogP contribution in [0.1, 0.15) is 11.1 Å². The van der Waals surface area contributed by atoms with Gasteiger partial charge in [0.15, 0.2) is 11.5 Å². The summed E-state index contributed by atoms with van der Waals surface area (Å²) in [6.07, 6.45) is 0.545. The van der Waals surface area contributed by atoms with Crippen LogP contribution in [0.2, 0.25) is 0 Å². The fourth-order valence-corrected chi connectivity index (χ4v) is 4.94. The van der Waals surface area contributed by atoms with Gasteiger partial charge in [-0.3, -0.25) is 9.69 Å². The number of hydrogen-bond acceptors (Lipinski definition) is 6. The number of halogens is 1. The standard InChI is InChI=1S/C20H20BrNO4S2/c1-24-14-6-4-12(5-7-14)11-22-19(23)18(28-20(22)27)9-13-8-16(25-2)17(26-3)10-15(13)21/h4-8,10,18H,9,11H2,1-3H3/t18-/m1/s1. The third-order valence-corrected chi connectivity index (χ3v) is 6.78. The van der Waals surface area contributed by atoms with E-state index in [1.54, 1.807) is 26.2 Å². The van der Waals surface area contributed by atoms with E-state index in [9.17, 15) is 4.79 Å². The summed E-state index contributed by atoms with van der Waals surface area (Å²) < 4.78 is 17.3. The number of hydrogen-bond donors (Lipinski definition) is 0. The Hall–Kier alpha value is -1.77. The zero-order valence-electron chi connectivity index (χ0n) is 15.7. The molecule has 0 aliphatic carbocycles. The van der Waals surface area contributed by atoms with Crippen molar-refractivity contribution in [2.75, 3.05) is 21.3 Å². The summed E-state index contributed by atoms with van der Waals surface area (Å²) in [5, 5.41) is -0.264. The molecule has 0 aromatic heterocycles. The highest BCUT2D eigenvalue weighted by atomic mass is 79.9. The molecule has 0 saturated carbocycles. The maximum absolute atomic E-state index is 13.0. The maximum atomic E-state index is 13.0. The van der Waals surface area contributed by atoms with Crippen molar-refractivity contribution in [2.24, 2.45) is 0 Å². The van der Waals surface area contributed by atoms with Crippen LogP contribution in [0, 0.1) is 0 Å². The minimum atomic E-state index is -0.264. The molecule has 0 spiro atoms. The molecule has 1 amide bonds. The van der Waals surface area contributed by atoms with E-state index >= 15 is 0 Å². The van der Waals surface area contributed by atoms with E-state index in [0.29, 0.717) is 28.8 Å². The van der Waals surface area contributed by atoms with E-state index < -0.39 is 0 Å². The maximum Gasteiger partial charge on any atom is 0.242 e. The number of carbonyl (C=O) groups excluding carboxylic acids is 1. The zero-order valence-corrected chi connectivity index (χ0v) is 18.9. The van der Waals surface area contributed by atoms with Crippen molar-refractivity contribution in [3.8, 4) is 17.2 Å². The summed E-state index contributed by atoms with van der Waals surface area (Å²) in [6.45, 7) is 0.457. The van der Waals surface area contributed by atoms with Crippen molar-refractivity contribution in [1.29, 1.82) is 0 Å². The van der Waals surface area contributed by atoms with Crippen molar-refractivity contribution >= 4 is 50.1 Å². The molecular weight excluding hydrogens is 462 g/mol. The van der Waals surface area contributed by atoms with Crippen molar-refractivity contribution in [2.45, 2.75) is 18.2 Å². The molecule has 3 rings (SSSR count). The average Bonchev–Trinajstić information content (AvgIpc) is 2.97. The molecule has 2 aromatic rings. The summed E-state index contributed by atoms with van der Waals surface area (Å²) in [5.41, 5.74) is 1.97. The van der Waals surface area contributed by atoms with E-state index in [1.165, 1.54) is 11.8 Å². The smallest absolute Gasteiger partial charge is 0.242 e. The highest BCUT2D eigenvalue weighted by Crippen LogP contribution is 2.37. The van der Waals surface area contributed by atoms with E-state index in [-0.39, 0.29) is 11.2 Å². The summed E-state index contributed by atoms with van der Waals surface area (Å²) >= 11 is 10.5. The Morgan fingerprint density at radius 2 is 1.71 bits per heavy atom. The predicted octanol–water partition coefficient (Wildman–Crippen LogP) is 4.45. The predicted molar refractivity (Wildman–Crippen MR) is 118 cm³/mol. The lowest BCUT2D eigenvalue weighted by atomic mass is 10.1. The first kappa shape index (κ1) is 21.0. The molecular formula is C20H20BrNO4S2. The molecule has 1 fully saturated rings. The number of rotatable bonds is 7. The van der Waals surface area contributed by atoms with Gasteiger partial charge in [0.2, 0.25) is 5.91 Å². The molecule has 0 radical (unpaired) electrons. The second-order valence-electron chi connectivity index (χ2n) is 6.15. The molecule has 1 heterocycles. The Bertz CT molecular complexity index is 889. The molecule has 1 aliphatic heterocycles. The normalized spacial score (nSPS) is 16.4. The van der Waals surface area contributed by atoms with Gasteiger partial charge in [-0.15, -0.1) is 0 Å². The van der Waals surface area contributed by atoms with Gasteiger partial charge in [-0.2, -0.15) is 0 Å². The third-order valence-electron chi connectivity index (χ3n) is 4.46. The minimum Gasteiger partial charge on any atom is -0.497 e. The van der Waals surface area contributed by atoms with Gasteiger partial charge in [0.05, 0.1) is 33.1 Å². The van der Waals surface area contributed by atoms with Gasteiger partial charge in [0.25, 0.3) is 0 Å². The second kappa shape index (κ2) is 9.15. The summed E-state index contributed by atoms with van der Waals surface area (Å²) in [7, 11) is 4.81. The third kappa shape index (κ3) is 4.45. The SMILES string of the molecule is COc1ccc(CN2C(=O)[C@@H](Cc3cc(OC)c(OC)cc3Br)SC2=S)cc1. The van der Waals surface area contributed by atoms with Gasteiger partial charge in [-0.05, 0) is 41.8 Å². The Labute approximate surface area is 182 Å². The number of benzene rings is 2. The van der Waals surface area contributed by atoms with Gasteiger partial charge < -0.3 is 14.2 Å². The number of thiocarbonyl (C=S) groups is 1. The number of amides is 1. The highest BCUT2D eigenvalue weighted by molar-refractivity contribution is 9.10. The molecule has 1 saturated heterocycles. The molecule has 0 N–H and O–H groups in total. The molecule has 1 aliphatic rings. The summed E-state index contributed by atoms with van der Waals surface area (Å²) in [4.78, 5) is 14.6. The molecule has 8 heteroatoms. The van der Waals surface area contributed by atoms with E-state index in [2.05, 4.69) is 15.9 Å². The first-order chi connectivity index (χ1) is 13.5. The Kier molecular flexibility index (Phi) is 6.85. The van der Waals surface area contributed by atoms with Crippen LogP contribution in [0.4, 0.5) is 0 Å². The Morgan fingerprint density at radius 1 is 1.07 bits per heavy atom. The topological polar surface area (TPSA) is 48.0 Å². The lowest BCUT2D eigenvalue weighted by molar-refractivity contribution is -0.126. The van der Waals surface area contributed by atoms with Crippen LogP contribution in [-0.2, 0) is 17.8 Å². The number of thioether (sulfide) groups is 1. The van der Waals surface area contributed by atoms with Crippen LogP contribution in [0.5, 0.6) is 17.2 Å². The first-order valence-electron chi connectivity index (χ1n) is 8.52. The van der Waals surface area contributed by atoms with Gasteiger partial charge in [0, 0.05) is 4.47 Å². The molecule has 2 aromatic carbocycles. The second-order valence-corrected chi connectivity index (χ2v) is 8.84. The quantitative estimate of drug-likeness (QED) is 0.544. The molecule has 0 bridgehead atoms. The Morgan fingerprint density at radius 3 is 2.32 bits per heavy atom. The molecule has 1 atom stereocenters. The van der Waals surface area contributed by atoms with Crippen molar-refractivity contribution in [3.05, 3.63) is 52.0 Å².